The van der Waals surface area contributed by atoms with Gasteiger partial charge in [-0.1, -0.05) is 25.0 Å². The third-order valence-electron chi connectivity index (χ3n) is 2.79. The molecule has 0 unspecified atom stereocenters. The molecule has 0 bridgehead atoms. The lowest BCUT2D eigenvalue weighted by Crippen LogP contribution is -1.89. The summed E-state index contributed by atoms with van der Waals surface area (Å²) in [6.07, 6.45) is 5.59. The van der Waals surface area contributed by atoms with Crippen molar-refractivity contribution in [2.24, 2.45) is 0 Å². The van der Waals surface area contributed by atoms with E-state index < -0.39 is 0 Å². The molecule has 1 heterocycles. The van der Waals surface area contributed by atoms with Crippen molar-refractivity contribution in [2.75, 3.05) is 0 Å². The van der Waals surface area contributed by atoms with E-state index in [2.05, 4.69) is 43.1 Å². The van der Waals surface area contributed by atoms with Crippen LogP contribution in [-0.4, -0.2) is 4.98 Å². The Balaban J connectivity index is 2.48. The smallest absolute Gasteiger partial charge is 0.0704 e. The molecule has 0 amide bonds. The number of aryl methyl sites for hydroxylation is 2. The highest BCUT2D eigenvalue weighted by molar-refractivity contribution is 5.82. The molecule has 1 nitrogen and oxygen atoms in total. The summed E-state index contributed by atoms with van der Waals surface area (Å²) in [6.45, 7) is 4.37. The highest BCUT2D eigenvalue weighted by atomic mass is 14.6. The van der Waals surface area contributed by atoms with Crippen LogP contribution in [0.3, 0.4) is 0 Å². The standard InChI is InChI=1S/C14H17N/c1-3-4-5-12-8-9-15-14-7-6-11(2)10-13(12)14/h6-10H,3-5H2,1-2H3. The molecule has 0 saturated carbocycles. The van der Waals surface area contributed by atoms with Gasteiger partial charge in [-0.2, -0.15) is 0 Å². The van der Waals surface area contributed by atoms with Crippen molar-refractivity contribution in [3.8, 4) is 0 Å². The first kappa shape index (κ1) is 10.2. The van der Waals surface area contributed by atoms with Gasteiger partial charge in [0.2, 0.25) is 0 Å². The summed E-state index contributed by atoms with van der Waals surface area (Å²) in [5.41, 5.74) is 3.87. The van der Waals surface area contributed by atoms with Crippen molar-refractivity contribution in [2.45, 2.75) is 33.1 Å². The lowest BCUT2D eigenvalue weighted by atomic mass is 10.0. The van der Waals surface area contributed by atoms with E-state index in [0.29, 0.717) is 0 Å². The Hall–Kier alpha value is -1.37. The predicted molar refractivity (Wildman–Crippen MR) is 65.1 cm³/mol. The van der Waals surface area contributed by atoms with E-state index in [1.165, 1.54) is 35.8 Å². The number of unbranched alkanes of at least 4 members (excludes halogenated alkanes) is 1. The number of rotatable bonds is 3. The second kappa shape index (κ2) is 4.43. The van der Waals surface area contributed by atoms with Crippen LogP contribution in [0.2, 0.25) is 0 Å². The van der Waals surface area contributed by atoms with E-state index in [0.717, 1.165) is 5.52 Å². The van der Waals surface area contributed by atoms with Crippen molar-refractivity contribution in [1.82, 2.24) is 4.98 Å². The van der Waals surface area contributed by atoms with Crippen LogP contribution >= 0.6 is 0 Å². The molecule has 0 aliphatic carbocycles. The van der Waals surface area contributed by atoms with E-state index in [-0.39, 0.29) is 0 Å². The summed E-state index contributed by atoms with van der Waals surface area (Å²) in [7, 11) is 0. The number of hydrogen-bond acceptors (Lipinski definition) is 1. The van der Waals surface area contributed by atoms with Gasteiger partial charge in [0.25, 0.3) is 0 Å². The zero-order valence-electron chi connectivity index (χ0n) is 9.46. The average Bonchev–Trinajstić information content (AvgIpc) is 2.26. The van der Waals surface area contributed by atoms with Crippen molar-refractivity contribution in [3.63, 3.8) is 0 Å². The normalized spacial score (nSPS) is 10.8. The van der Waals surface area contributed by atoms with Gasteiger partial charge in [0, 0.05) is 11.6 Å². The number of aromatic nitrogens is 1. The summed E-state index contributed by atoms with van der Waals surface area (Å²) >= 11 is 0. The maximum absolute atomic E-state index is 4.39. The summed E-state index contributed by atoms with van der Waals surface area (Å²) in [4.78, 5) is 4.39. The molecule has 1 heteroatoms. The van der Waals surface area contributed by atoms with Gasteiger partial charge >= 0.3 is 0 Å². The molecule has 1 aromatic heterocycles. The molecule has 0 N–H and O–H groups in total. The fraction of sp³-hybridized carbons (Fsp3) is 0.357. The molecular formula is C14H17N. The lowest BCUT2D eigenvalue weighted by molar-refractivity contribution is 0.798. The highest BCUT2D eigenvalue weighted by Crippen LogP contribution is 2.19. The van der Waals surface area contributed by atoms with Crippen LogP contribution in [0.4, 0.5) is 0 Å². The third-order valence-corrected chi connectivity index (χ3v) is 2.79. The van der Waals surface area contributed by atoms with Crippen LogP contribution in [0.1, 0.15) is 30.9 Å². The van der Waals surface area contributed by atoms with E-state index in [9.17, 15) is 0 Å². The van der Waals surface area contributed by atoms with Crippen LogP contribution < -0.4 is 0 Å². The quantitative estimate of drug-likeness (QED) is 0.731. The largest absolute Gasteiger partial charge is 0.256 e. The molecule has 2 rings (SSSR count). The third kappa shape index (κ3) is 2.17. The van der Waals surface area contributed by atoms with Crippen molar-refractivity contribution in [3.05, 3.63) is 41.6 Å². The van der Waals surface area contributed by atoms with Crippen molar-refractivity contribution in [1.29, 1.82) is 0 Å². The molecule has 0 atom stereocenters. The van der Waals surface area contributed by atoms with Crippen LogP contribution in [0, 0.1) is 6.92 Å². The van der Waals surface area contributed by atoms with Gasteiger partial charge < -0.3 is 0 Å². The molecule has 0 radical (unpaired) electrons. The van der Waals surface area contributed by atoms with Crippen LogP contribution in [0.25, 0.3) is 10.9 Å². The van der Waals surface area contributed by atoms with Gasteiger partial charge in [-0.3, -0.25) is 4.98 Å². The Labute approximate surface area is 91.2 Å². The van der Waals surface area contributed by atoms with Gasteiger partial charge in [0.05, 0.1) is 5.52 Å². The van der Waals surface area contributed by atoms with Gasteiger partial charge in [0.15, 0.2) is 0 Å². The monoisotopic (exact) mass is 199 g/mol. The Bertz CT molecular complexity index is 460. The average molecular weight is 199 g/mol. The van der Waals surface area contributed by atoms with E-state index in [1.807, 2.05) is 6.20 Å². The van der Waals surface area contributed by atoms with Gasteiger partial charge in [-0.05, 0) is 43.5 Å². The number of hydrogen-bond donors (Lipinski definition) is 0. The van der Waals surface area contributed by atoms with Crippen molar-refractivity contribution >= 4 is 10.9 Å². The van der Waals surface area contributed by atoms with Gasteiger partial charge in [0.1, 0.15) is 0 Å². The summed E-state index contributed by atoms with van der Waals surface area (Å²) in [5.74, 6) is 0. The SMILES string of the molecule is CCCCc1ccnc2ccc(C)cc12. The molecule has 0 saturated heterocycles. The first-order chi connectivity index (χ1) is 7.31. The Kier molecular flexibility index (Phi) is 3.00. The summed E-state index contributed by atoms with van der Waals surface area (Å²) < 4.78 is 0. The second-order valence-corrected chi connectivity index (χ2v) is 4.09. The molecule has 15 heavy (non-hydrogen) atoms. The molecule has 0 aliphatic heterocycles. The maximum atomic E-state index is 4.39. The molecular weight excluding hydrogens is 182 g/mol. The predicted octanol–water partition coefficient (Wildman–Crippen LogP) is 3.89. The van der Waals surface area contributed by atoms with Crippen LogP contribution in [-0.2, 0) is 6.42 Å². The zero-order chi connectivity index (χ0) is 10.7. The maximum Gasteiger partial charge on any atom is 0.0704 e. The van der Waals surface area contributed by atoms with Crippen LogP contribution in [0.15, 0.2) is 30.5 Å². The first-order valence-corrected chi connectivity index (χ1v) is 5.65. The minimum atomic E-state index is 1.12. The minimum absolute atomic E-state index is 1.12. The molecule has 78 valence electrons. The Morgan fingerprint density at radius 1 is 1.20 bits per heavy atom. The van der Waals surface area contributed by atoms with Gasteiger partial charge in [-0.25, -0.2) is 0 Å². The Morgan fingerprint density at radius 2 is 2.07 bits per heavy atom. The van der Waals surface area contributed by atoms with E-state index in [1.54, 1.807) is 0 Å². The highest BCUT2D eigenvalue weighted by Gasteiger charge is 2.01. The topological polar surface area (TPSA) is 12.9 Å². The molecule has 2 aromatic rings. The molecule has 0 fully saturated rings. The molecule has 0 spiro atoms. The second-order valence-electron chi connectivity index (χ2n) is 4.09. The lowest BCUT2D eigenvalue weighted by Gasteiger charge is -2.05. The summed E-state index contributed by atoms with van der Waals surface area (Å²) in [5, 5.41) is 1.32. The fourth-order valence-electron chi connectivity index (χ4n) is 1.90. The fourth-order valence-corrected chi connectivity index (χ4v) is 1.90. The number of benzene rings is 1. The number of nitrogens with zero attached hydrogens (tertiary/aromatic N) is 1. The van der Waals surface area contributed by atoms with Crippen LogP contribution in [0.5, 0.6) is 0 Å². The molecule has 1 aromatic carbocycles. The van der Waals surface area contributed by atoms with E-state index >= 15 is 0 Å². The number of pyridine rings is 1. The van der Waals surface area contributed by atoms with Crippen molar-refractivity contribution < 1.29 is 0 Å². The molecule has 0 aliphatic rings. The Morgan fingerprint density at radius 3 is 2.87 bits per heavy atom. The van der Waals surface area contributed by atoms with Gasteiger partial charge in [-0.15, -0.1) is 0 Å². The summed E-state index contributed by atoms with van der Waals surface area (Å²) in [6, 6.07) is 8.63. The minimum Gasteiger partial charge on any atom is -0.256 e. The first-order valence-electron chi connectivity index (χ1n) is 5.65. The van der Waals surface area contributed by atoms with E-state index in [4.69, 9.17) is 0 Å². The zero-order valence-corrected chi connectivity index (χ0v) is 9.46. The number of fused-ring (bicyclic) bond motifs is 1.